The number of fused-ring (bicyclic) bond motifs is 4. The summed E-state index contributed by atoms with van der Waals surface area (Å²) in [5, 5.41) is 10.5. The first-order chi connectivity index (χ1) is 23.9. The molecule has 4 amide bonds. The summed E-state index contributed by atoms with van der Waals surface area (Å²) in [6.07, 6.45) is 5.94. The number of anilines is 2. The highest BCUT2D eigenvalue weighted by Gasteiger charge is 2.76. The second kappa shape index (κ2) is 12.3. The zero-order chi connectivity index (χ0) is 35.7. The number of hydrogen-bond donors (Lipinski definition) is 1. The van der Waals surface area contributed by atoms with Gasteiger partial charge in [0.2, 0.25) is 17.6 Å². The normalized spacial score (nSPS) is 28.9. The fourth-order valence-electron chi connectivity index (χ4n) is 8.00. The number of phenolic OH excluding ortho intramolecular Hbond substituents is 1. The van der Waals surface area contributed by atoms with Crippen LogP contribution in [0.3, 0.4) is 0 Å². The van der Waals surface area contributed by atoms with Crippen LogP contribution >= 0.6 is 23.2 Å². The smallest absolute Gasteiger partial charge is 0.258 e. The van der Waals surface area contributed by atoms with Crippen LogP contribution < -0.4 is 19.3 Å². The van der Waals surface area contributed by atoms with E-state index in [9.17, 15) is 28.7 Å². The van der Waals surface area contributed by atoms with Crippen LogP contribution in [0.2, 0.25) is 0 Å². The highest BCUT2D eigenvalue weighted by molar-refractivity contribution is 6.58. The molecule has 3 fully saturated rings. The molecule has 0 radical (unpaired) electrons. The molecule has 258 valence electrons. The molecule has 0 spiro atoms. The van der Waals surface area contributed by atoms with Gasteiger partial charge in [0, 0.05) is 5.92 Å². The van der Waals surface area contributed by atoms with Crippen molar-refractivity contribution in [2.24, 2.45) is 23.7 Å². The van der Waals surface area contributed by atoms with Gasteiger partial charge in [0.15, 0.2) is 21.2 Å². The molecule has 4 aliphatic rings. The van der Waals surface area contributed by atoms with Crippen LogP contribution in [0.25, 0.3) is 6.08 Å². The minimum atomic E-state index is -2.07. The van der Waals surface area contributed by atoms with Gasteiger partial charge >= 0.3 is 0 Å². The van der Waals surface area contributed by atoms with Gasteiger partial charge in [0.25, 0.3) is 11.8 Å². The van der Waals surface area contributed by atoms with Gasteiger partial charge in [-0.25, -0.2) is 9.29 Å². The second-order valence-electron chi connectivity index (χ2n) is 13.0. The van der Waals surface area contributed by atoms with Crippen LogP contribution in [0.1, 0.15) is 30.9 Å². The van der Waals surface area contributed by atoms with Crippen molar-refractivity contribution in [2.75, 3.05) is 24.0 Å². The van der Waals surface area contributed by atoms with Gasteiger partial charge in [-0.05, 0) is 84.8 Å². The van der Waals surface area contributed by atoms with Crippen molar-refractivity contribution in [2.45, 2.75) is 35.9 Å². The summed E-state index contributed by atoms with van der Waals surface area (Å²) in [6, 6.07) is 15.2. The Balaban J connectivity index is 1.36. The number of carbonyl (C=O) groups excluding carboxylic acids is 4. The van der Waals surface area contributed by atoms with E-state index < -0.39 is 57.0 Å². The summed E-state index contributed by atoms with van der Waals surface area (Å²) in [4.78, 5) is 55.0. The zero-order valence-corrected chi connectivity index (χ0v) is 28.9. The Morgan fingerprint density at radius 1 is 0.880 bits per heavy atom. The average molecular weight is 720 g/mol. The van der Waals surface area contributed by atoms with Crippen molar-refractivity contribution in [3.63, 3.8) is 0 Å². The maximum Gasteiger partial charge on any atom is 0.258 e. The number of imide groups is 2. The lowest BCUT2D eigenvalue weighted by Crippen LogP contribution is -2.60. The standard InChI is InChI=1S/C38H33Cl2FN2O7/c1-4-20-5-10-23(11-6-20)42-33(45)26-15-14-25-27(31(26)34(42)46)19-37(39)35(47)43(24-12-8-22(41)9-13-24)36(48)38(37,40)28(25)16-7-21-17-29(49-2)32(44)30(18-21)50-3/h5-14,16-18,26-28,31,44H,4,15,19H2,1-3H3/t26-,27+,28-,31-,37+,38-/m0/s1. The lowest BCUT2D eigenvalue weighted by atomic mass is 9.57. The number of carbonyl (C=O) groups is 4. The molecule has 50 heavy (non-hydrogen) atoms. The topological polar surface area (TPSA) is 113 Å². The number of halogens is 3. The van der Waals surface area contributed by atoms with Gasteiger partial charge in [-0.2, -0.15) is 0 Å². The van der Waals surface area contributed by atoms with Crippen LogP contribution in [-0.4, -0.2) is 52.7 Å². The molecule has 1 saturated carbocycles. The third-order valence-corrected chi connectivity index (χ3v) is 12.0. The van der Waals surface area contributed by atoms with E-state index in [1.807, 2.05) is 25.1 Å². The van der Waals surface area contributed by atoms with Crippen molar-refractivity contribution in [3.05, 3.63) is 95.3 Å². The highest BCUT2D eigenvalue weighted by atomic mass is 35.5. The molecule has 2 saturated heterocycles. The monoisotopic (exact) mass is 718 g/mol. The number of phenols is 1. The molecule has 12 heteroatoms. The van der Waals surface area contributed by atoms with Crippen molar-refractivity contribution < 1.29 is 38.1 Å². The zero-order valence-electron chi connectivity index (χ0n) is 27.4. The van der Waals surface area contributed by atoms with Crippen LogP contribution in [-0.2, 0) is 25.6 Å². The van der Waals surface area contributed by atoms with Crippen molar-refractivity contribution in [1.82, 2.24) is 0 Å². The Morgan fingerprint density at radius 2 is 1.48 bits per heavy atom. The number of allylic oxidation sites excluding steroid dienone is 3. The van der Waals surface area contributed by atoms with E-state index in [2.05, 4.69) is 0 Å². The maximum atomic E-state index is 14.5. The average Bonchev–Trinajstić information content (AvgIpc) is 3.46. The van der Waals surface area contributed by atoms with E-state index in [4.69, 9.17) is 32.7 Å². The third-order valence-electron chi connectivity index (χ3n) is 10.5. The van der Waals surface area contributed by atoms with E-state index in [1.54, 1.807) is 36.4 Å². The molecule has 6 atom stereocenters. The molecule has 2 aliphatic carbocycles. The van der Waals surface area contributed by atoms with E-state index in [1.165, 1.54) is 31.3 Å². The molecule has 0 unspecified atom stereocenters. The van der Waals surface area contributed by atoms with Gasteiger partial charge in [-0.3, -0.25) is 24.1 Å². The van der Waals surface area contributed by atoms with Gasteiger partial charge in [-0.1, -0.05) is 42.9 Å². The Bertz CT molecular complexity index is 1970. The van der Waals surface area contributed by atoms with Crippen LogP contribution in [0.15, 0.2) is 78.4 Å². The SMILES string of the molecule is CCc1ccc(N2C(=O)[C@H]3[C@H](CC=C4[C@H]3C[C@@]3(Cl)C(=O)N(c5ccc(F)cc5)C(=O)[C@@]3(Cl)[C@H]4C=Cc3cc(OC)c(O)c(OC)c3)C2=O)cc1. The number of aromatic hydroxyl groups is 1. The Kier molecular flexibility index (Phi) is 8.30. The van der Waals surface area contributed by atoms with Crippen molar-refractivity contribution >= 4 is 64.3 Å². The summed E-state index contributed by atoms with van der Waals surface area (Å²) >= 11 is 14.8. The number of ether oxygens (including phenoxy) is 2. The maximum absolute atomic E-state index is 14.5. The first-order valence-electron chi connectivity index (χ1n) is 16.2. The number of benzene rings is 3. The molecule has 3 aromatic carbocycles. The quantitative estimate of drug-likeness (QED) is 0.170. The minimum absolute atomic E-state index is 0.0928. The highest BCUT2D eigenvalue weighted by Crippen LogP contribution is 2.63. The predicted molar refractivity (Wildman–Crippen MR) is 186 cm³/mol. The molecule has 0 bridgehead atoms. The minimum Gasteiger partial charge on any atom is -0.502 e. The fourth-order valence-corrected chi connectivity index (χ4v) is 8.89. The number of aryl methyl sites for hydroxylation is 1. The van der Waals surface area contributed by atoms with Gasteiger partial charge in [0.1, 0.15) is 5.82 Å². The molecule has 2 aliphatic heterocycles. The van der Waals surface area contributed by atoms with Crippen molar-refractivity contribution in [3.8, 4) is 17.2 Å². The Hall–Kier alpha value is -4.67. The fraction of sp³-hybridized carbons (Fsp3) is 0.316. The number of nitrogens with zero attached hydrogens (tertiary/aromatic N) is 2. The number of alkyl halides is 2. The number of rotatable bonds is 7. The molecule has 9 nitrogen and oxygen atoms in total. The van der Waals surface area contributed by atoms with Crippen LogP contribution in [0, 0.1) is 29.5 Å². The first kappa shape index (κ1) is 33.8. The molecular weight excluding hydrogens is 686 g/mol. The van der Waals surface area contributed by atoms with Crippen LogP contribution in [0.4, 0.5) is 15.8 Å². The van der Waals surface area contributed by atoms with Gasteiger partial charge < -0.3 is 14.6 Å². The third kappa shape index (κ3) is 4.79. The van der Waals surface area contributed by atoms with E-state index in [0.717, 1.165) is 29.0 Å². The molecule has 1 N–H and O–H groups in total. The molecule has 7 rings (SSSR count). The van der Waals surface area contributed by atoms with E-state index in [-0.39, 0.29) is 41.7 Å². The largest absolute Gasteiger partial charge is 0.502 e. The Morgan fingerprint density at radius 3 is 2.08 bits per heavy atom. The molecular formula is C38H33Cl2FN2O7. The summed E-state index contributed by atoms with van der Waals surface area (Å²) in [7, 11) is 2.78. The summed E-state index contributed by atoms with van der Waals surface area (Å²) in [5.74, 6) is -6.18. The summed E-state index contributed by atoms with van der Waals surface area (Å²) < 4.78 is 24.5. The van der Waals surface area contributed by atoms with Crippen molar-refractivity contribution in [1.29, 1.82) is 0 Å². The van der Waals surface area contributed by atoms with Gasteiger partial charge in [0.05, 0.1) is 37.4 Å². The van der Waals surface area contributed by atoms with Gasteiger partial charge in [-0.15, -0.1) is 23.2 Å². The predicted octanol–water partition coefficient (Wildman–Crippen LogP) is 6.42. The number of methoxy groups -OCH3 is 2. The number of amides is 4. The first-order valence-corrected chi connectivity index (χ1v) is 17.0. The Labute approximate surface area is 297 Å². The molecule has 3 aromatic rings. The van der Waals surface area contributed by atoms with E-state index in [0.29, 0.717) is 16.8 Å². The molecule has 0 aromatic heterocycles. The lowest BCUT2D eigenvalue weighted by molar-refractivity contribution is -0.125. The number of hydrogen-bond acceptors (Lipinski definition) is 7. The summed E-state index contributed by atoms with van der Waals surface area (Å²) in [5.41, 5.74) is 2.72. The summed E-state index contributed by atoms with van der Waals surface area (Å²) in [6.45, 7) is 2.01. The second-order valence-corrected chi connectivity index (χ2v) is 14.2. The van der Waals surface area contributed by atoms with Crippen LogP contribution in [0.5, 0.6) is 17.2 Å². The molecule has 2 heterocycles. The van der Waals surface area contributed by atoms with E-state index >= 15 is 0 Å². The lowest BCUT2D eigenvalue weighted by Gasteiger charge is -2.49.